The first-order valence-corrected chi connectivity index (χ1v) is 9.40. The summed E-state index contributed by atoms with van der Waals surface area (Å²) in [6, 6.07) is 7.79. The first-order valence-electron chi connectivity index (χ1n) is 9.40. The van der Waals surface area contributed by atoms with Gasteiger partial charge in [-0.05, 0) is 57.2 Å². The average Bonchev–Trinajstić information content (AvgIpc) is 2.58. The molecule has 0 heterocycles. The molecule has 1 aliphatic carbocycles. The molecule has 1 aromatic carbocycles. The number of ether oxygens (including phenoxy) is 2. The molecule has 1 fully saturated rings. The fourth-order valence-electron chi connectivity index (χ4n) is 3.23. The van der Waals surface area contributed by atoms with Crippen LogP contribution in [0.1, 0.15) is 52.0 Å². The SMILES string of the molecule is CCCO[C@@H]1CC[C@H](C(=O)NCc2cccc(OC(C)C)c2)C[C@H]1N. The maximum Gasteiger partial charge on any atom is 0.223 e. The van der Waals surface area contributed by atoms with E-state index in [0.29, 0.717) is 13.0 Å². The second-order valence-electron chi connectivity index (χ2n) is 7.11. The van der Waals surface area contributed by atoms with Gasteiger partial charge in [0.05, 0.1) is 12.2 Å². The van der Waals surface area contributed by atoms with Crippen LogP contribution in [0.3, 0.4) is 0 Å². The van der Waals surface area contributed by atoms with Gasteiger partial charge in [-0.3, -0.25) is 4.79 Å². The predicted molar refractivity (Wildman–Crippen MR) is 99.4 cm³/mol. The molecule has 1 amide bonds. The van der Waals surface area contributed by atoms with E-state index in [1.165, 1.54) is 0 Å². The molecule has 1 saturated carbocycles. The minimum atomic E-state index is -0.0566. The van der Waals surface area contributed by atoms with Gasteiger partial charge in [-0.15, -0.1) is 0 Å². The van der Waals surface area contributed by atoms with Crippen molar-refractivity contribution in [2.45, 2.75) is 71.2 Å². The summed E-state index contributed by atoms with van der Waals surface area (Å²) in [5.74, 6) is 0.892. The Hall–Kier alpha value is -1.59. The fraction of sp³-hybridized carbons (Fsp3) is 0.650. The Bertz CT molecular complexity index is 547. The van der Waals surface area contributed by atoms with Gasteiger partial charge in [-0.25, -0.2) is 0 Å². The van der Waals surface area contributed by atoms with E-state index >= 15 is 0 Å². The van der Waals surface area contributed by atoms with E-state index < -0.39 is 0 Å². The Morgan fingerprint density at radius 1 is 1.36 bits per heavy atom. The van der Waals surface area contributed by atoms with E-state index in [2.05, 4.69) is 12.2 Å². The lowest BCUT2D eigenvalue weighted by molar-refractivity contribution is -0.127. The van der Waals surface area contributed by atoms with Gasteiger partial charge in [0.2, 0.25) is 5.91 Å². The number of carbonyl (C=O) groups excluding carboxylic acids is 1. The highest BCUT2D eigenvalue weighted by Gasteiger charge is 2.32. The molecule has 0 radical (unpaired) electrons. The Morgan fingerprint density at radius 2 is 2.16 bits per heavy atom. The van der Waals surface area contributed by atoms with Crippen molar-refractivity contribution in [3.8, 4) is 5.75 Å². The smallest absolute Gasteiger partial charge is 0.223 e. The summed E-state index contributed by atoms with van der Waals surface area (Å²) in [5, 5.41) is 3.04. The molecule has 1 aromatic rings. The topological polar surface area (TPSA) is 73.6 Å². The van der Waals surface area contributed by atoms with E-state index in [4.69, 9.17) is 15.2 Å². The first-order chi connectivity index (χ1) is 12.0. The second kappa shape index (κ2) is 9.78. The lowest BCUT2D eigenvalue weighted by Crippen LogP contribution is -2.46. The zero-order chi connectivity index (χ0) is 18.2. The van der Waals surface area contributed by atoms with Crippen LogP contribution in [-0.4, -0.2) is 30.8 Å². The third-order valence-electron chi connectivity index (χ3n) is 4.48. The van der Waals surface area contributed by atoms with Crippen molar-refractivity contribution in [2.24, 2.45) is 11.7 Å². The van der Waals surface area contributed by atoms with Gasteiger partial charge in [0.1, 0.15) is 5.75 Å². The predicted octanol–water partition coefficient (Wildman–Crippen LogP) is 3.01. The largest absolute Gasteiger partial charge is 0.491 e. The number of amides is 1. The van der Waals surface area contributed by atoms with E-state index in [-0.39, 0.29) is 30.1 Å². The van der Waals surface area contributed by atoms with Crippen LogP contribution in [0.5, 0.6) is 5.75 Å². The minimum Gasteiger partial charge on any atom is -0.491 e. The van der Waals surface area contributed by atoms with Crippen LogP contribution in [0.25, 0.3) is 0 Å². The Labute approximate surface area is 151 Å². The summed E-state index contributed by atoms with van der Waals surface area (Å²) >= 11 is 0. The molecule has 0 spiro atoms. The molecular formula is C20H32N2O3. The summed E-state index contributed by atoms with van der Waals surface area (Å²) in [6.45, 7) is 7.34. The van der Waals surface area contributed by atoms with E-state index in [1.807, 2.05) is 38.1 Å². The van der Waals surface area contributed by atoms with Crippen LogP contribution in [0.4, 0.5) is 0 Å². The minimum absolute atomic E-state index is 0.0217. The molecule has 0 aliphatic heterocycles. The second-order valence-corrected chi connectivity index (χ2v) is 7.11. The van der Waals surface area contributed by atoms with Crippen LogP contribution in [0.2, 0.25) is 0 Å². The molecule has 2 rings (SSSR count). The van der Waals surface area contributed by atoms with Gasteiger partial charge in [-0.1, -0.05) is 19.1 Å². The zero-order valence-corrected chi connectivity index (χ0v) is 15.7. The summed E-state index contributed by atoms with van der Waals surface area (Å²) in [7, 11) is 0. The molecule has 0 unspecified atom stereocenters. The molecule has 5 heteroatoms. The average molecular weight is 348 g/mol. The van der Waals surface area contributed by atoms with Crippen LogP contribution in [-0.2, 0) is 16.1 Å². The molecule has 1 aliphatic rings. The normalized spacial score (nSPS) is 23.5. The van der Waals surface area contributed by atoms with Crippen LogP contribution in [0.15, 0.2) is 24.3 Å². The maximum absolute atomic E-state index is 12.5. The number of rotatable bonds is 8. The summed E-state index contributed by atoms with van der Waals surface area (Å²) in [4.78, 5) is 12.5. The standard InChI is InChI=1S/C20H32N2O3/c1-4-10-24-19-9-8-16(12-18(19)21)20(23)22-13-15-6-5-7-17(11-15)25-14(2)3/h5-7,11,14,16,18-19H,4,8-10,12-13,21H2,1-3H3,(H,22,23)/t16-,18+,19+/m0/s1. The summed E-state index contributed by atoms with van der Waals surface area (Å²) in [5.41, 5.74) is 7.24. The van der Waals surface area contributed by atoms with Crippen LogP contribution in [0, 0.1) is 5.92 Å². The summed E-state index contributed by atoms with van der Waals surface area (Å²) < 4.78 is 11.5. The number of nitrogens with one attached hydrogen (secondary N) is 1. The number of benzene rings is 1. The molecular weight excluding hydrogens is 316 g/mol. The lowest BCUT2D eigenvalue weighted by Gasteiger charge is -2.33. The van der Waals surface area contributed by atoms with Crippen molar-refractivity contribution in [2.75, 3.05) is 6.61 Å². The third-order valence-corrected chi connectivity index (χ3v) is 4.48. The van der Waals surface area contributed by atoms with Gasteiger partial charge >= 0.3 is 0 Å². The monoisotopic (exact) mass is 348 g/mol. The number of hydrogen-bond donors (Lipinski definition) is 2. The fourth-order valence-corrected chi connectivity index (χ4v) is 3.23. The van der Waals surface area contributed by atoms with Crippen molar-refractivity contribution >= 4 is 5.91 Å². The van der Waals surface area contributed by atoms with Crippen LogP contribution >= 0.6 is 0 Å². The van der Waals surface area contributed by atoms with Gasteiger partial charge in [0.25, 0.3) is 0 Å². The number of nitrogens with two attached hydrogens (primary N) is 1. The van der Waals surface area contributed by atoms with Gasteiger partial charge < -0.3 is 20.5 Å². The zero-order valence-electron chi connectivity index (χ0n) is 15.7. The highest BCUT2D eigenvalue weighted by molar-refractivity contribution is 5.78. The third kappa shape index (κ3) is 6.33. The van der Waals surface area contributed by atoms with Gasteiger partial charge in [0.15, 0.2) is 0 Å². The van der Waals surface area contributed by atoms with Crippen molar-refractivity contribution in [3.63, 3.8) is 0 Å². The highest BCUT2D eigenvalue weighted by atomic mass is 16.5. The van der Waals surface area contributed by atoms with Crippen LogP contribution < -0.4 is 15.8 Å². The van der Waals surface area contributed by atoms with Gasteiger partial charge in [0, 0.05) is 25.1 Å². The first kappa shape index (κ1) is 19.7. The van der Waals surface area contributed by atoms with Crippen molar-refractivity contribution in [3.05, 3.63) is 29.8 Å². The number of hydrogen-bond acceptors (Lipinski definition) is 4. The van der Waals surface area contributed by atoms with Crippen molar-refractivity contribution in [1.29, 1.82) is 0 Å². The quantitative estimate of drug-likeness (QED) is 0.757. The molecule has 25 heavy (non-hydrogen) atoms. The molecule has 3 atom stereocenters. The molecule has 0 bridgehead atoms. The Morgan fingerprint density at radius 3 is 2.84 bits per heavy atom. The highest BCUT2D eigenvalue weighted by Crippen LogP contribution is 2.26. The molecule has 3 N–H and O–H groups in total. The Kier molecular flexibility index (Phi) is 7.72. The lowest BCUT2D eigenvalue weighted by atomic mass is 9.83. The molecule has 0 aromatic heterocycles. The Balaban J connectivity index is 1.81. The van der Waals surface area contributed by atoms with Gasteiger partial charge in [-0.2, -0.15) is 0 Å². The van der Waals surface area contributed by atoms with Crippen molar-refractivity contribution in [1.82, 2.24) is 5.32 Å². The molecule has 0 saturated heterocycles. The van der Waals surface area contributed by atoms with E-state index in [0.717, 1.165) is 37.2 Å². The van der Waals surface area contributed by atoms with Crippen molar-refractivity contribution < 1.29 is 14.3 Å². The van der Waals surface area contributed by atoms with E-state index in [1.54, 1.807) is 0 Å². The van der Waals surface area contributed by atoms with E-state index in [9.17, 15) is 4.79 Å². The summed E-state index contributed by atoms with van der Waals surface area (Å²) in [6.07, 6.45) is 3.61. The molecule has 5 nitrogen and oxygen atoms in total. The number of carbonyl (C=O) groups is 1. The maximum atomic E-state index is 12.5. The molecule has 140 valence electrons.